The van der Waals surface area contributed by atoms with Gasteiger partial charge in [-0.05, 0) is 12.1 Å². The van der Waals surface area contributed by atoms with E-state index in [0.717, 1.165) is 0 Å². The van der Waals surface area contributed by atoms with Gasteiger partial charge in [0, 0.05) is 0 Å². The summed E-state index contributed by atoms with van der Waals surface area (Å²) in [5.41, 5.74) is 5.19. The van der Waals surface area contributed by atoms with E-state index in [1.54, 1.807) is 30.3 Å². The van der Waals surface area contributed by atoms with E-state index in [-0.39, 0.29) is 0 Å². The summed E-state index contributed by atoms with van der Waals surface area (Å²) in [6.45, 7) is -0.811. The number of amides is 1. The van der Waals surface area contributed by atoms with E-state index in [0.29, 0.717) is 5.69 Å². The Bertz CT molecular complexity index is 416. The molecule has 4 atom stereocenters. The van der Waals surface area contributed by atoms with Crippen LogP contribution in [0.1, 0.15) is 0 Å². The van der Waals surface area contributed by atoms with Gasteiger partial charge in [0.15, 0.2) is 6.10 Å². The van der Waals surface area contributed by atoms with Crippen LogP contribution in [0, 0.1) is 0 Å². The molecular weight excluding hydrogens is 268 g/mol. The number of anilines is 1. The normalized spacial score (nSPS) is 16.9. The number of aliphatic hydroxyl groups excluding tert-OH is 5. The van der Waals surface area contributed by atoms with Crippen molar-refractivity contribution in [1.82, 2.24) is 5.43 Å². The van der Waals surface area contributed by atoms with Crippen LogP contribution >= 0.6 is 0 Å². The molecule has 0 radical (unpaired) electrons. The van der Waals surface area contributed by atoms with Crippen molar-refractivity contribution in [3.05, 3.63) is 30.3 Å². The fourth-order valence-electron chi connectivity index (χ4n) is 1.41. The molecule has 1 amide bonds. The highest BCUT2D eigenvalue weighted by atomic mass is 16.4. The van der Waals surface area contributed by atoms with Crippen LogP contribution in [0.15, 0.2) is 30.3 Å². The second kappa shape index (κ2) is 7.78. The lowest BCUT2D eigenvalue weighted by molar-refractivity contribution is -0.148. The molecule has 0 saturated heterocycles. The minimum Gasteiger partial charge on any atom is -0.394 e. The number of hydrogen-bond donors (Lipinski definition) is 7. The predicted octanol–water partition coefficient (Wildman–Crippen LogP) is -2.43. The van der Waals surface area contributed by atoms with Crippen LogP contribution in [0.2, 0.25) is 0 Å². The molecule has 1 aromatic rings. The number of carbonyl (C=O) groups is 1. The van der Waals surface area contributed by atoms with Gasteiger partial charge >= 0.3 is 0 Å². The van der Waals surface area contributed by atoms with Gasteiger partial charge in [0.05, 0.1) is 12.3 Å². The topological polar surface area (TPSA) is 142 Å². The Morgan fingerprint density at radius 1 is 1.05 bits per heavy atom. The molecule has 0 fully saturated rings. The Labute approximate surface area is 115 Å². The first-order chi connectivity index (χ1) is 9.47. The second-order valence-corrected chi connectivity index (χ2v) is 4.16. The van der Waals surface area contributed by atoms with Gasteiger partial charge in [-0.15, -0.1) is 0 Å². The lowest BCUT2D eigenvalue weighted by Gasteiger charge is -2.25. The van der Waals surface area contributed by atoms with Crippen LogP contribution in [0.5, 0.6) is 0 Å². The summed E-state index contributed by atoms with van der Waals surface area (Å²) in [5.74, 6) is -0.995. The zero-order valence-electron chi connectivity index (χ0n) is 10.5. The van der Waals surface area contributed by atoms with E-state index in [2.05, 4.69) is 10.9 Å². The summed E-state index contributed by atoms with van der Waals surface area (Å²) in [6, 6.07) is 8.54. The zero-order chi connectivity index (χ0) is 15.1. The van der Waals surface area contributed by atoms with Gasteiger partial charge in [-0.25, -0.2) is 0 Å². The van der Waals surface area contributed by atoms with E-state index in [1.807, 2.05) is 0 Å². The highest BCUT2D eigenvalue weighted by Gasteiger charge is 2.34. The number of hydrogen-bond acceptors (Lipinski definition) is 7. The fraction of sp³-hybridized carbons (Fsp3) is 0.417. The molecule has 7 N–H and O–H groups in total. The maximum absolute atomic E-state index is 11.5. The Morgan fingerprint density at radius 3 is 2.20 bits per heavy atom. The number of hydrazine groups is 1. The Balaban J connectivity index is 2.50. The molecule has 0 aliphatic heterocycles. The van der Waals surface area contributed by atoms with Gasteiger partial charge < -0.3 is 25.5 Å². The van der Waals surface area contributed by atoms with E-state index >= 15 is 0 Å². The number of nitrogens with one attached hydrogen (secondary N) is 2. The van der Waals surface area contributed by atoms with Crippen molar-refractivity contribution in [2.75, 3.05) is 12.0 Å². The van der Waals surface area contributed by atoms with Crippen LogP contribution in [-0.2, 0) is 4.79 Å². The van der Waals surface area contributed by atoms with Crippen molar-refractivity contribution in [3.63, 3.8) is 0 Å². The van der Waals surface area contributed by atoms with Crippen LogP contribution in [-0.4, -0.2) is 62.5 Å². The third-order valence-corrected chi connectivity index (χ3v) is 2.63. The molecule has 0 spiro atoms. The van der Waals surface area contributed by atoms with Crippen LogP contribution in [0.25, 0.3) is 0 Å². The molecule has 1 rings (SSSR count). The molecule has 20 heavy (non-hydrogen) atoms. The number of carbonyl (C=O) groups excluding carboxylic acids is 1. The molecule has 0 bridgehead atoms. The van der Waals surface area contributed by atoms with Crippen molar-refractivity contribution >= 4 is 11.6 Å². The third-order valence-electron chi connectivity index (χ3n) is 2.63. The van der Waals surface area contributed by atoms with Crippen molar-refractivity contribution in [1.29, 1.82) is 0 Å². The predicted molar refractivity (Wildman–Crippen MR) is 69.3 cm³/mol. The SMILES string of the molecule is O=C(NNc1ccccc1)[C@@H](O)[C@H](O)[C@H](O)[C@H](O)CO. The largest absolute Gasteiger partial charge is 0.394 e. The van der Waals surface area contributed by atoms with E-state index in [9.17, 15) is 20.1 Å². The van der Waals surface area contributed by atoms with E-state index < -0.39 is 36.9 Å². The molecule has 0 heterocycles. The maximum Gasteiger partial charge on any atom is 0.269 e. The molecule has 8 heteroatoms. The van der Waals surface area contributed by atoms with Crippen molar-refractivity contribution < 1.29 is 30.3 Å². The summed E-state index contributed by atoms with van der Waals surface area (Å²) in [4.78, 5) is 11.5. The van der Waals surface area contributed by atoms with Gasteiger partial charge in [-0.3, -0.25) is 15.6 Å². The van der Waals surface area contributed by atoms with Crippen molar-refractivity contribution in [2.24, 2.45) is 0 Å². The van der Waals surface area contributed by atoms with E-state index in [4.69, 9.17) is 10.2 Å². The molecular formula is C12H18N2O6. The molecule has 0 aliphatic carbocycles. The van der Waals surface area contributed by atoms with Crippen LogP contribution in [0.4, 0.5) is 5.69 Å². The minimum absolute atomic E-state index is 0.554. The van der Waals surface area contributed by atoms with E-state index in [1.165, 1.54) is 0 Å². The summed E-state index contributed by atoms with van der Waals surface area (Å²) in [6.07, 6.45) is -7.41. The summed E-state index contributed by atoms with van der Waals surface area (Å²) in [5, 5.41) is 46.1. The number of aliphatic hydroxyl groups is 5. The average Bonchev–Trinajstić information content (AvgIpc) is 2.50. The van der Waals surface area contributed by atoms with Crippen molar-refractivity contribution in [3.8, 4) is 0 Å². The third kappa shape index (κ3) is 4.44. The second-order valence-electron chi connectivity index (χ2n) is 4.16. The van der Waals surface area contributed by atoms with Crippen LogP contribution in [0.3, 0.4) is 0 Å². The summed E-state index contributed by atoms with van der Waals surface area (Å²) < 4.78 is 0. The number of rotatable bonds is 7. The highest BCUT2D eigenvalue weighted by molar-refractivity contribution is 5.82. The first-order valence-corrected chi connectivity index (χ1v) is 5.91. The molecule has 0 aliphatic rings. The molecule has 1 aromatic carbocycles. The summed E-state index contributed by atoms with van der Waals surface area (Å²) >= 11 is 0. The van der Waals surface area contributed by atoms with Gasteiger partial charge in [0.25, 0.3) is 5.91 Å². The van der Waals surface area contributed by atoms with Gasteiger partial charge in [0.1, 0.15) is 18.3 Å². The smallest absolute Gasteiger partial charge is 0.269 e. The van der Waals surface area contributed by atoms with Gasteiger partial charge in [-0.1, -0.05) is 18.2 Å². The first kappa shape index (κ1) is 16.3. The highest BCUT2D eigenvalue weighted by Crippen LogP contribution is 2.06. The average molecular weight is 286 g/mol. The maximum atomic E-state index is 11.5. The number of benzene rings is 1. The van der Waals surface area contributed by atoms with Crippen molar-refractivity contribution in [2.45, 2.75) is 24.4 Å². The lowest BCUT2D eigenvalue weighted by Crippen LogP contribution is -2.52. The van der Waals surface area contributed by atoms with Crippen LogP contribution < -0.4 is 10.9 Å². The number of para-hydroxylation sites is 1. The first-order valence-electron chi connectivity index (χ1n) is 5.91. The molecule has 0 saturated carbocycles. The van der Waals surface area contributed by atoms with Gasteiger partial charge in [-0.2, -0.15) is 0 Å². The van der Waals surface area contributed by atoms with Gasteiger partial charge in [0.2, 0.25) is 0 Å². The quantitative estimate of drug-likeness (QED) is 0.276. The molecule has 8 nitrogen and oxygen atoms in total. The monoisotopic (exact) mass is 286 g/mol. The minimum atomic E-state index is -1.97. The fourth-order valence-corrected chi connectivity index (χ4v) is 1.41. The Hall–Kier alpha value is -1.71. The molecule has 112 valence electrons. The Kier molecular flexibility index (Phi) is 6.36. The Morgan fingerprint density at radius 2 is 1.65 bits per heavy atom. The summed E-state index contributed by atoms with van der Waals surface area (Å²) in [7, 11) is 0. The lowest BCUT2D eigenvalue weighted by atomic mass is 10.0. The zero-order valence-corrected chi connectivity index (χ0v) is 10.5. The molecule has 0 unspecified atom stereocenters. The standard InChI is InChI=1S/C12H18N2O6/c15-6-8(16)9(17)10(18)11(19)12(20)14-13-7-4-2-1-3-5-7/h1-5,8-11,13,15-19H,6H2,(H,14,20)/t8-,9-,10-,11+/m1/s1. The molecule has 0 aromatic heterocycles.